The molecule has 0 bridgehead atoms. The molecule has 34 heavy (non-hydrogen) atoms. The van der Waals surface area contributed by atoms with Gasteiger partial charge < -0.3 is 45.7 Å². The van der Waals surface area contributed by atoms with E-state index in [0.717, 1.165) is 6.33 Å². The van der Waals surface area contributed by atoms with Gasteiger partial charge in [-0.2, -0.15) is 8.62 Å². The number of ether oxygens (including phenoxy) is 1. The second-order valence-corrected chi connectivity index (χ2v) is 10.4. The summed E-state index contributed by atoms with van der Waals surface area (Å²) in [5.74, 6) is 0.0426. The van der Waals surface area contributed by atoms with Crippen LogP contribution < -0.4 is 5.73 Å². The van der Waals surface area contributed by atoms with E-state index in [9.17, 15) is 28.8 Å². The van der Waals surface area contributed by atoms with Crippen LogP contribution in [0.15, 0.2) is 12.7 Å². The molecular weight excluding hydrogens is 553 g/mol. The van der Waals surface area contributed by atoms with Crippen LogP contribution in [0.1, 0.15) is 6.23 Å². The monoisotopic (exact) mass is 573 g/mol. The fourth-order valence-electron chi connectivity index (χ4n) is 2.62. The SMILES string of the molecule is Nc1ncnc2c1ncn2[C@@H]1O[C@H](COP(=O)(O)OP(=O)(O)OP(=O)(O)O)[C@@H](O)[C@H]1O.O.[NaH].[NaH]. The van der Waals surface area contributed by atoms with Gasteiger partial charge in [0.25, 0.3) is 0 Å². The van der Waals surface area contributed by atoms with Crippen molar-refractivity contribution in [3.05, 3.63) is 12.7 Å². The van der Waals surface area contributed by atoms with Crippen molar-refractivity contribution < 1.29 is 66.8 Å². The Morgan fingerprint density at radius 2 is 1.62 bits per heavy atom. The first-order valence-electron chi connectivity index (χ1n) is 7.92. The molecule has 2 aromatic heterocycles. The number of nitrogens with zero attached hydrogens (tertiary/aromatic N) is 4. The molecule has 3 rings (SSSR count). The molecule has 1 fully saturated rings. The number of nitrogens with two attached hydrogens (primary N) is 1. The number of rotatable bonds is 8. The number of aromatic nitrogens is 4. The summed E-state index contributed by atoms with van der Waals surface area (Å²) in [4.78, 5) is 47.2. The van der Waals surface area contributed by atoms with Crippen molar-refractivity contribution in [3.63, 3.8) is 0 Å². The summed E-state index contributed by atoms with van der Waals surface area (Å²) < 4.78 is 51.9. The molecule has 10 N–H and O–H groups in total. The number of aliphatic hydroxyl groups excluding tert-OH is 2. The predicted molar refractivity (Wildman–Crippen MR) is 113 cm³/mol. The minimum atomic E-state index is -5.70. The summed E-state index contributed by atoms with van der Waals surface area (Å²) in [6.07, 6.45) is -3.69. The van der Waals surface area contributed by atoms with Gasteiger partial charge in [0.05, 0.1) is 12.9 Å². The minimum absolute atomic E-state index is 0. The van der Waals surface area contributed by atoms with Gasteiger partial charge in [-0.1, -0.05) is 0 Å². The number of hydrogen-bond donors (Lipinski definition) is 7. The van der Waals surface area contributed by atoms with Crippen LogP contribution in [-0.4, -0.2) is 139 Å². The van der Waals surface area contributed by atoms with E-state index >= 15 is 0 Å². The molecular formula is C10H20N5Na2O14P3. The maximum absolute atomic E-state index is 11.8. The van der Waals surface area contributed by atoms with Crippen LogP contribution in [0.3, 0.4) is 0 Å². The molecule has 0 spiro atoms. The number of imidazole rings is 1. The van der Waals surface area contributed by atoms with Crippen LogP contribution in [0, 0.1) is 0 Å². The average molecular weight is 573 g/mol. The van der Waals surface area contributed by atoms with Crippen molar-refractivity contribution in [1.82, 2.24) is 19.5 Å². The predicted octanol–water partition coefficient (Wildman–Crippen LogP) is -3.75. The molecule has 1 saturated heterocycles. The van der Waals surface area contributed by atoms with Gasteiger partial charge in [0, 0.05) is 0 Å². The van der Waals surface area contributed by atoms with Crippen molar-refractivity contribution in [2.75, 3.05) is 12.3 Å². The Morgan fingerprint density at radius 1 is 1.00 bits per heavy atom. The Hall–Kier alpha value is 0.600. The summed E-state index contributed by atoms with van der Waals surface area (Å²) in [5.41, 5.74) is 6.00. The van der Waals surface area contributed by atoms with Crippen LogP contribution >= 0.6 is 23.5 Å². The van der Waals surface area contributed by atoms with Gasteiger partial charge in [-0.25, -0.2) is 28.6 Å². The summed E-state index contributed by atoms with van der Waals surface area (Å²) in [5, 5.41) is 20.4. The van der Waals surface area contributed by atoms with E-state index < -0.39 is 54.6 Å². The van der Waals surface area contributed by atoms with Gasteiger partial charge in [0.15, 0.2) is 17.7 Å². The Labute approximate surface area is 234 Å². The molecule has 0 aliphatic carbocycles. The van der Waals surface area contributed by atoms with Crippen molar-refractivity contribution in [2.45, 2.75) is 24.5 Å². The molecule has 0 radical (unpaired) electrons. The number of aliphatic hydroxyl groups is 2. The first-order chi connectivity index (χ1) is 14.2. The number of phosphoric acid groups is 3. The first kappa shape index (κ1) is 34.6. The van der Waals surface area contributed by atoms with Gasteiger partial charge in [-0.3, -0.25) is 9.09 Å². The van der Waals surface area contributed by atoms with Crippen molar-refractivity contribution in [3.8, 4) is 0 Å². The molecule has 0 aromatic carbocycles. The third kappa shape index (κ3) is 8.58. The van der Waals surface area contributed by atoms with E-state index in [-0.39, 0.29) is 81.6 Å². The van der Waals surface area contributed by atoms with Gasteiger partial charge in [-0.05, 0) is 0 Å². The first-order valence-corrected chi connectivity index (χ1v) is 12.4. The van der Waals surface area contributed by atoms with Crippen LogP contribution in [0.2, 0.25) is 0 Å². The van der Waals surface area contributed by atoms with Crippen LogP contribution in [0.4, 0.5) is 5.82 Å². The maximum atomic E-state index is 11.8. The van der Waals surface area contributed by atoms with E-state index in [1.807, 2.05) is 0 Å². The van der Waals surface area contributed by atoms with Crippen molar-refractivity contribution in [1.29, 1.82) is 0 Å². The van der Waals surface area contributed by atoms with Gasteiger partial charge in [0.2, 0.25) is 0 Å². The van der Waals surface area contributed by atoms with E-state index in [1.165, 1.54) is 10.9 Å². The van der Waals surface area contributed by atoms with E-state index in [2.05, 4.69) is 28.1 Å². The molecule has 2 unspecified atom stereocenters. The fourth-order valence-corrected chi connectivity index (χ4v) is 5.65. The quantitative estimate of drug-likeness (QED) is 0.118. The summed E-state index contributed by atoms with van der Waals surface area (Å²) in [7, 11) is -16.7. The molecule has 6 atom stereocenters. The van der Waals surface area contributed by atoms with Gasteiger partial charge in [0.1, 0.15) is 30.2 Å². The Morgan fingerprint density at radius 3 is 2.21 bits per heavy atom. The molecule has 3 heterocycles. The van der Waals surface area contributed by atoms with E-state index in [0.29, 0.717) is 0 Å². The van der Waals surface area contributed by atoms with E-state index in [1.54, 1.807) is 0 Å². The molecule has 19 nitrogen and oxygen atoms in total. The zero-order valence-corrected chi connectivity index (χ0v) is 18.1. The summed E-state index contributed by atoms with van der Waals surface area (Å²) in [6.45, 7) is -0.956. The molecule has 24 heteroatoms. The number of anilines is 1. The third-order valence-corrected chi connectivity index (χ3v) is 7.62. The Balaban J connectivity index is 0.00000363. The standard InChI is InChI=1S/C10H16N5O13P3.2Na.H2O.2H/c11-8-5-9(13-2-12-8)15(3-14-5)10-7(17)6(16)4(26-10)1-25-30(21,22)28-31(23,24)27-29(18,19)20;;;;;/h2-4,6-7,10,16-17H,1H2,(H,21,22)(H,23,24)(H2,11,12,13)(H2,18,19,20);;;1H2;;/t4-,6-,7-,10-;;;;;/m1...../s1. The van der Waals surface area contributed by atoms with E-state index in [4.69, 9.17) is 25.2 Å². The summed E-state index contributed by atoms with van der Waals surface area (Å²) >= 11 is 0. The van der Waals surface area contributed by atoms with Crippen LogP contribution in [0.5, 0.6) is 0 Å². The summed E-state index contributed by atoms with van der Waals surface area (Å²) in [6, 6.07) is 0. The second kappa shape index (κ2) is 12.9. The topological polar surface area (TPSA) is 311 Å². The van der Waals surface area contributed by atoms with Crippen LogP contribution in [0.25, 0.3) is 11.2 Å². The Bertz CT molecular complexity index is 1120. The molecule has 186 valence electrons. The molecule has 0 amide bonds. The molecule has 1 aliphatic rings. The normalized spacial score (nSPS) is 25.9. The number of hydrogen-bond acceptors (Lipinski definition) is 13. The number of phosphoric ester groups is 1. The Kier molecular flexibility index (Phi) is 13.1. The van der Waals surface area contributed by atoms with Gasteiger partial charge in [-0.15, -0.1) is 0 Å². The number of fused-ring (bicyclic) bond motifs is 1. The fraction of sp³-hybridized carbons (Fsp3) is 0.500. The molecule has 1 aliphatic heterocycles. The zero-order chi connectivity index (χ0) is 23.2. The van der Waals surface area contributed by atoms with Crippen molar-refractivity contribution in [2.24, 2.45) is 0 Å². The average Bonchev–Trinajstić information content (AvgIpc) is 3.13. The molecule has 2 aromatic rings. The number of nitrogen functional groups attached to an aromatic ring is 1. The third-order valence-electron chi connectivity index (χ3n) is 3.82. The van der Waals surface area contributed by atoms with Gasteiger partial charge >= 0.3 is 82.6 Å². The van der Waals surface area contributed by atoms with Crippen molar-refractivity contribution >= 4 is 99.6 Å². The molecule has 0 saturated carbocycles. The second-order valence-electron chi connectivity index (χ2n) is 6.02. The zero-order valence-electron chi connectivity index (χ0n) is 15.4. The van der Waals surface area contributed by atoms with Crippen LogP contribution in [-0.2, 0) is 31.6 Å².